The zero-order valence-electron chi connectivity index (χ0n) is 12.2. The van der Waals surface area contributed by atoms with E-state index in [1.165, 1.54) is 6.42 Å². The van der Waals surface area contributed by atoms with Crippen LogP contribution >= 0.6 is 0 Å². The van der Waals surface area contributed by atoms with Gasteiger partial charge < -0.3 is 4.74 Å². The normalized spacial score (nSPS) is 24.1. The smallest absolute Gasteiger partial charge is 0.320 e. The largest absolute Gasteiger partial charge is 0.407 e. The Morgan fingerprint density at radius 1 is 1.05 bits per heavy atom. The predicted molar refractivity (Wildman–Crippen MR) is 78.7 cm³/mol. The summed E-state index contributed by atoms with van der Waals surface area (Å²) >= 11 is 0. The van der Waals surface area contributed by atoms with Crippen molar-refractivity contribution in [3.8, 4) is 0 Å². The molecule has 1 spiro atoms. The molecule has 0 amide bonds. The predicted octanol–water partition coefficient (Wildman–Crippen LogP) is 3.72. The van der Waals surface area contributed by atoms with Gasteiger partial charge in [-0.3, -0.25) is 4.79 Å². The fourth-order valence-corrected chi connectivity index (χ4v) is 3.34. The monoisotopic (exact) mass is 271 g/mol. The molecule has 1 aromatic rings. The SMILES string of the molecule is CC1(C)C(=O)OC(c2ccccc2)=NC12CCCCC2. The Labute approximate surface area is 120 Å². The first-order valence-corrected chi connectivity index (χ1v) is 7.43. The lowest BCUT2D eigenvalue weighted by molar-refractivity contribution is -0.152. The number of cyclic esters (lactones) is 1. The molecule has 0 radical (unpaired) electrons. The highest BCUT2D eigenvalue weighted by molar-refractivity contribution is 6.04. The number of hydrogen-bond acceptors (Lipinski definition) is 3. The van der Waals surface area contributed by atoms with Gasteiger partial charge in [0, 0.05) is 5.56 Å². The van der Waals surface area contributed by atoms with E-state index in [1.807, 2.05) is 44.2 Å². The van der Waals surface area contributed by atoms with Crippen LogP contribution in [0.2, 0.25) is 0 Å². The molecule has 20 heavy (non-hydrogen) atoms. The van der Waals surface area contributed by atoms with Gasteiger partial charge in [-0.2, -0.15) is 0 Å². The summed E-state index contributed by atoms with van der Waals surface area (Å²) in [6.45, 7) is 3.96. The third-order valence-corrected chi connectivity index (χ3v) is 4.88. The first kappa shape index (κ1) is 13.3. The fourth-order valence-electron chi connectivity index (χ4n) is 3.34. The number of rotatable bonds is 1. The Kier molecular flexibility index (Phi) is 3.15. The van der Waals surface area contributed by atoms with Crippen molar-refractivity contribution in [3.05, 3.63) is 35.9 Å². The van der Waals surface area contributed by atoms with Gasteiger partial charge in [-0.05, 0) is 38.8 Å². The standard InChI is InChI=1S/C17H21NO2/c1-16(2)15(19)20-14(13-9-5-3-6-10-13)18-17(16)11-7-4-8-12-17/h3,5-6,9-10H,4,7-8,11-12H2,1-2H3. The Morgan fingerprint density at radius 2 is 1.70 bits per heavy atom. The number of esters is 1. The Hall–Kier alpha value is -1.64. The molecule has 1 heterocycles. The van der Waals surface area contributed by atoms with Crippen LogP contribution in [0.25, 0.3) is 0 Å². The van der Waals surface area contributed by atoms with Crippen LogP contribution in [0.4, 0.5) is 0 Å². The zero-order chi connectivity index (χ0) is 14.2. The maximum atomic E-state index is 12.5. The molecular formula is C17H21NO2. The highest BCUT2D eigenvalue weighted by Gasteiger charge is 2.54. The molecule has 0 atom stereocenters. The van der Waals surface area contributed by atoms with Crippen LogP contribution < -0.4 is 0 Å². The van der Waals surface area contributed by atoms with E-state index in [0.29, 0.717) is 5.90 Å². The average Bonchev–Trinajstić information content (AvgIpc) is 2.47. The van der Waals surface area contributed by atoms with Gasteiger partial charge in [0.05, 0.1) is 11.0 Å². The molecule has 0 bridgehead atoms. The summed E-state index contributed by atoms with van der Waals surface area (Å²) in [4.78, 5) is 17.4. The van der Waals surface area contributed by atoms with Crippen LogP contribution in [0.1, 0.15) is 51.5 Å². The van der Waals surface area contributed by atoms with Crippen LogP contribution in [0, 0.1) is 5.41 Å². The van der Waals surface area contributed by atoms with Gasteiger partial charge in [-0.15, -0.1) is 0 Å². The van der Waals surface area contributed by atoms with Gasteiger partial charge in [0.25, 0.3) is 0 Å². The minimum Gasteiger partial charge on any atom is -0.407 e. The number of aliphatic imine (C=N–C) groups is 1. The molecule has 1 aliphatic carbocycles. The second kappa shape index (κ2) is 4.72. The number of ether oxygens (including phenoxy) is 1. The third kappa shape index (κ3) is 1.96. The molecule has 0 unspecified atom stereocenters. The summed E-state index contributed by atoms with van der Waals surface area (Å²) in [5, 5.41) is 0. The van der Waals surface area contributed by atoms with Crippen LogP contribution in [0.15, 0.2) is 35.3 Å². The molecule has 1 aromatic carbocycles. The van der Waals surface area contributed by atoms with Gasteiger partial charge in [-0.25, -0.2) is 4.99 Å². The van der Waals surface area contributed by atoms with Crippen molar-refractivity contribution in [2.24, 2.45) is 10.4 Å². The van der Waals surface area contributed by atoms with Gasteiger partial charge >= 0.3 is 5.97 Å². The van der Waals surface area contributed by atoms with Crippen LogP contribution in [-0.4, -0.2) is 17.4 Å². The quantitative estimate of drug-likeness (QED) is 0.730. The van der Waals surface area contributed by atoms with Gasteiger partial charge in [0.15, 0.2) is 0 Å². The summed E-state index contributed by atoms with van der Waals surface area (Å²) in [6, 6.07) is 9.73. The molecule has 1 saturated carbocycles. The minimum atomic E-state index is -0.536. The van der Waals surface area contributed by atoms with Gasteiger partial charge in [-0.1, -0.05) is 37.5 Å². The number of hydrogen-bond donors (Lipinski definition) is 0. The lowest BCUT2D eigenvalue weighted by atomic mass is 9.64. The maximum Gasteiger partial charge on any atom is 0.320 e. The Balaban J connectivity index is 2.07. The topological polar surface area (TPSA) is 38.7 Å². The number of benzene rings is 1. The summed E-state index contributed by atoms with van der Waals surface area (Å²) < 4.78 is 5.53. The van der Waals surface area contributed by atoms with E-state index < -0.39 is 5.41 Å². The van der Waals surface area contributed by atoms with Crippen molar-refractivity contribution in [1.29, 1.82) is 0 Å². The summed E-state index contributed by atoms with van der Waals surface area (Å²) in [5.74, 6) is 0.352. The average molecular weight is 271 g/mol. The maximum absolute atomic E-state index is 12.5. The van der Waals surface area contributed by atoms with Crippen molar-refractivity contribution < 1.29 is 9.53 Å². The molecule has 0 aromatic heterocycles. The fraction of sp³-hybridized carbons (Fsp3) is 0.529. The molecule has 1 aliphatic heterocycles. The highest BCUT2D eigenvalue weighted by atomic mass is 16.5. The zero-order valence-corrected chi connectivity index (χ0v) is 12.2. The molecule has 1 fully saturated rings. The Bertz CT molecular complexity index is 539. The number of carbonyl (C=O) groups excluding carboxylic acids is 1. The first-order valence-electron chi connectivity index (χ1n) is 7.43. The van der Waals surface area contributed by atoms with Crippen molar-refractivity contribution in [1.82, 2.24) is 0 Å². The first-order chi connectivity index (χ1) is 9.55. The summed E-state index contributed by atoms with van der Waals surface area (Å²) in [5.41, 5.74) is 0.0681. The van der Waals surface area contributed by atoms with Crippen LogP contribution in [0.3, 0.4) is 0 Å². The van der Waals surface area contributed by atoms with Gasteiger partial charge in [0.2, 0.25) is 5.90 Å². The second-order valence-corrected chi connectivity index (χ2v) is 6.39. The molecule has 3 nitrogen and oxygen atoms in total. The van der Waals surface area contributed by atoms with Crippen LogP contribution in [0.5, 0.6) is 0 Å². The lowest BCUT2D eigenvalue weighted by Gasteiger charge is -2.47. The molecule has 3 heteroatoms. The molecule has 0 saturated heterocycles. The molecule has 3 rings (SSSR count). The van der Waals surface area contributed by atoms with E-state index >= 15 is 0 Å². The number of nitrogens with zero attached hydrogens (tertiary/aromatic N) is 1. The molecule has 2 aliphatic rings. The molecular weight excluding hydrogens is 250 g/mol. The van der Waals surface area contributed by atoms with Crippen molar-refractivity contribution >= 4 is 11.9 Å². The van der Waals surface area contributed by atoms with E-state index in [2.05, 4.69) is 0 Å². The summed E-state index contributed by atoms with van der Waals surface area (Å²) in [7, 11) is 0. The molecule has 106 valence electrons. The number of carbonyl (C=O) groups is 1. The van der Waals surface area contributed by atoms with E-state index in [9.17, 15) is 4.79 Å². The van der Waals surface area contributed by atoms with Crippen molar-refractivity contribution in [2.45, 2.75) is 51.5 Å². The summed E-state index contributed by atoms with van der Waals surface area (Å²) in [6.07, 6.45) is 5.48. The van der Waals surface area contributed by atoms with Crippen LogP contribution in [-0.2, 0) is 9.53 Å². The van der Waals surface area contributed by atoms with Gasteiger partial charge in [0.1, 0.15) is 0 Å². The van der Waals surface area contributed by atoms with E-state index in [1.54, 1.807) is 0 Å². The van der Waals surface area contributed by atoms with E-state index in [4.69, 9.17) is 9.73 Å². The van der Waals surface area contributed by atoms with E-state index in [-0.39, 0.29) is 11.5 Å². The minimum absolute atomic E-state index is 0.145. The third-order valence-electron chi connectivity index (χ3n) is 4.88. The second-order valence-electron chi connectivity index (χ2n) is 6.39. The van der Waals surface area contributed by atoms with E-state index in [0.717, 1.165) is 31.2 Å². The molecule has 0 N–H and O–H groups in total. The lowest BCUT2D eigenvalue weighted by Crippen LogP contribution is -2.54. The van der Waals surface area contributed by atoms with Crippen molar-refractivity contribution in [2.75, 3.05) is 0 Å². The Morgan fingerprint density at radius 3 is 2.35 bits per heavy atom. The van der Waals surface area contributed by atoms with Crippen molar-refractivity contribution in [3.63, 3.8) is 0 Å². The highest BCUT2D eigenvalue weighted by Crippen LogP contribution is 2.48.